The molecule has 0 saturated heterocycles. The van der Waals surface area contributed by atoms with Crippen LogP contribution in [-0.4, -0.2) is 8.07 Å². The van der Waals surface area contributed by atoms with Crippen molar-refractivity contribution in [1.29, 1.82) is 0 Å². The summed E-state index contributed by atoms with van der Waals surface area (Å²) in [6.45, 7) is 12.1. The van der Waals surface area contributed by atoms with Gasteiger partial charge in [-0.2, -0.15) is 0 Å². The summed E-state index contributed by atoms with van der Waals surface area (Å²) < 4.78 is 4.59. The summed E-state index contributed by atoms with van der Waals surface area (Å²) in [5.41, 5.74) is 0. The molecule has 3 heteroatoms. The minimum Gasteiger partial charge on any atom is -0.144 e. The van der Waals surface area contributed by atoms with E-state index in [0.717, 1.165) is 0 Å². The van der Waals surface area contributed by atoms with Gasteiger partial charge in [0.25, 0.3) is 0 Å². The summed E-state index contributed by atoms with van der Waals surface area (Å²) in [5.74, 6) is 0. The normalized spacial score (nSPS) is 13.7. The quantitative estimate of drug-likeness (QED) is 0.648. The standard InChI is InChI=1S/C12H18S2Si/c1-12(2,3)15(4,5)11-8-10-9(14-11)6-7-13-10/h6-8H,1-5H3. The Labute approximate surface area is 101 Å². The molecular formula is C12H18S2Si. The highest BCUT2D eigenvalue weighted by molar-refractivity contribution is 7.35. The van der Waals surface area contributed by atoms with Crippen molar-refractivity contribution >= 4 is 44.6 Å². The highest BCUT2D eigenvalue weighted by Gasteiger charge is 2.38. The number of thiophene rings is 2. The predicted molar refractivity (Wildman–Crippen MR) is 76.5 cm³/mol. The third-order valence-electron chi connectivity index (χ3n) is 3.63. The number of hydrogen-bond donors (Lipinski definition) is 0. The van der Waals surface area contributed by atoms with Crippen LogP contribution < -0.4 is 4.50 Å². The van der Waals surface area contributed by atoms with Gasteiger partial charge in [0, 0.05) is 9.40 Å². The first-order valence-electron chi connectivity index (χ1n) is 5.30. The van der Waals surface area contributed by atoms with Gasteiger partial charge in [0.05, 0.1) is 8.07 Å². The molecule has 0 radical (unpaired) electrons. The van der Waals surface area contributed by atoms with Gasteiger partial charge in [0.15, 0.2) is 0 Å². The lowest BCUT2D eigenvalue weighted by Crippen LogP contribution is -2.47. The van der Waals surface area contributed by atoms with E-state index in [1.165, 1.54) is 9.40 Å². The van der Waals surface area contributed by atoms with E-state index in [1.54, 1.807) is 4.50 Å². The van der Waals surface area contributed by atoms with E-state index in [-0.39, 0.29) is 0 Å². The van der Waals surface area contributed by atoms with E-state index in [2.05, 4.69) is 51.4 Å². The minimum atomic E-state index is -1.30. The molecule has 0 aromatic carbocycles. The summed E-state index contributed by atoms with van der Waals surface area (Å²) in [6, 6.07) is 4.68. The lowest BCUT2D eigenvalue weighted by molar-refractivity contribution is 0.730. The van der Waals surface area contributed by atoms with Crippen LogP contribution in [0.3, 0.4) is 0 Å². The topological polar surface area (TPSA) is 0 Å². The maximum absolute atomic E-state index is 2.49. The average molecular weight is 254 g/mol. The van der Waals surface area contributed by atoms with Crippen LogP contribution in [0.25, 0.3) is 9.40 Å². The molecule has 0 atom stereocenters. The summed E-state index contributed by atoms with van der Waals surface area (Å²) in [7, 11) is -1.30. The van der Waals surface area contributed by atoms with Gasteiger partial charge in [-0.05, 0) is 27.1 Å². The molecule has 82 valence electrons. The first-order chi connectivity index (χ1) is 6.82. The van der Waals surface area contributed by atoms with E-state index in [9.17, 15) is 0 Å². The second kappa shape index (κ2) is 3.44. The zero-order valence-electron chi connectivity index (χ0n) is 10.0. The molecule has 0 bridgehead atoms. The second-order valence-corrected chi connectivity index (χ2v) is 13.3. The molecule has 2 aromatic heterocycles. The molecule has 0 nitrogen and oxygen atoms in total. The van der Waals surface area contributed by atoms with Gasteiger partial charge in [0.2, 0.25) is 0 Å². The Bertz CT molecular complexity index is 442. The minimum absolute atomic E-state index is 0.444. The molecule has 15 heavy (non-hydrogen) atoms. The Morgan fingerprint density at radius 3 is 2.33 bits per heavy atom. The summed E-state index contributed by atoms with van der Waals surface area (Å²) in [5, 5.41) is 2.64. The second-order valence-electron chi connectivity index (χ2n) is 5.63. The molecule has 0 N–H and O–H groups in total. The SMILES string of the molecule is CC(C)(C)[Si](C)(C)c1cc2sccc2s1. The van der Waals surface area contributed by atoms with Gasteiger partial charge < -0.3 is 0 Å². The maximum Gasteiger partial charge on any atom is 0.0988 e. The Morgan fingerprint density at radius 2 is 1.80 bits per heavy atom. The molecule has 0 fully saturated rings. The molecule has 0 amide bonds. The van der Waals surface area contributed by atoms with Crippen molar-refractivity contribution in [3.05, 3.63) is 17.5 Å². The van der Waals surface area contributed by atoms with E-state index in [4.69, 9.17) is 0 Å². The third-order valence-corrected chi connectivity index (χ3v) is 12.5. The highest BCUT2D eigenvalue weighted by atomic mass is 32.1. The lowest BCUT2D eigenvalue weighted by atomic mass is 10.2. The largest absolute Gasteiger partial charge is 0.144 e. The van der Waals surface area contributed by atoms with Crippen LogP contribution in [0.15, 0.2) is 17.5 Å². The van der Waals surface area contributed by atoms with E-state index in [0.29, 0.717) is 5.04 Å². The Morgan fingerprint density at radius 1 is 1.13 bits per heavy atom. The first kappa shape index (κ1) is 11.4. The smallest absolute Gasteiger partial charge is 0.0988 e. The molecule has 2 heterocycles. The van der Waals surface area contributed by atoms with Crippen LogP contribution in [0.2, 0.25) is 18.1 Å². The molecule has 0 aliphatic carbocycles. The monoisotopic (exact) mass is 254 g/mol. The fraction of sp³-hybridized carbons (Fsp3) is 0.500. The van der Waals surface area contributed by atoms with E-state index in [1.807, 2.05) is 22.7 Å². The fourth-order valence-corrected chi connectivity index (χ4v) is 6.92. The van der Waals surface area contributed by atoms with Gasteiger partial charge in [0.1, 0.15) is 0 Å². The van der Waals surface area contributed by atoms with Crippen LogP contribution in [0.5, 0.6) is 0 Å². The van der Waals surface area contributed by atoms with Crippen molar-refractivity contribution in [3.63, 3.8) is 0 Å². The number of rotatable bonds is 1. The molecule has 2 rings (SSSR count). The Hall–Kier alpha value is -0.123. The lowest BCUT2D eigenvalue weighted by Gasteiger charge is -2.35. The van der Waals surface area contributed by atoms with Gasteiger partial charge >= 0.3 is 0 Å². The van der Waals surface area contributed by atoms with Crippen LogP contribution in [0.1, 0.15) is 20.8 Å². The highest BCUT2D eigenvalue weighted by Crippen LogP contribution is 2.38. The van der Waals surface area contributed by atoms with E-state index >= 15 is 0 Å². The zero-order valence-corrected chi connectivity index (χ0v) is 12.7. The number of fused-ring (bicyclic) bond motifs is 1. The predicted octanol–water partition coefficient (Wildman–Crippen LogP) is 4.68. The summed E-state index contributed by atoms with van der Waals surface area (Å²) in [4.78, 5) is 0. The van der Waals surface area contributed by atoms with Crippen molar-refractivity contribution in [1.82, 2.24) is 0 Å². The maximum atomic E-state index is 2.49. The van der Waals surface area contributed by atoms with Gasteiger partial charge in [-0.15, -0.1) is 22.7 Å². The van der Waals surface area contributed by atoms with Crippen LogP contribution in [0.4, 0.5) is 0 Å². The van der Waals surface area contributed by atoms with Crippen molar-refractivity contribution in [2.45, 2.75) is 38.9 Å². The molecule has 0 saturated carbocycles. The average Bonchev–Trinajstić information content (AvgIpc) is 2.57. The Balaban J connectivity index is 2.51. The van der Waals surface area contributed by atoms with Crippen LogP contribution >= 0.6 is 22.7 Å². The van der Waals surface area contributed by atoms with Crippen molar-refractivity contribution < 1.29 is 0 Å². The van der Waals surface area contributed by atoms with Gasteiger partial charge in [-0.25, -0.2) is 0 Å². The third kappa shape index (κ3) is 1.81. The van der Waals surface area contributed by atoms with Crippen molar-refractivity contribution in [2.24, 2.45) is 0 Å². The summed E-state index contributed by atoms with van der Waals surface area (Å²) in [6.07, 6.45) is 0. The zero-order chi connectivity index (χ0) is 11.3. The molecule has 0 aliphatic rings. The first-order valence-corrected chi connectivity index (χ1v) is 9.99. The van der Waals surface area contributed by atoms with Crippen molar-refractivity contribution in [3.8, 4) is 0 Å². The Kier molecular flexibility index (Phi) is 2.60. The van der Waals surface area contributed by atoms with E-state index < -0.39 is 8.07 Å². The molecule has 0 unspecified atom stereocenters. The van der Waals surface area contributed by atoms with Crippen molar-refractivity contribution in [2.75, 3.05) is 0 Å². The van der Waals surface area contributed by atoms with Crippen LogP contribution in [-0.2, 0) is 0 Å². The molecule has 0 spiro atoms. The molecular weight excluding hydrogens is 236 g/mol. The number of hydrogen-bond acceptors (Lipinski definition) is 2. The molecule has 0 aliphatic heterocycles. The fourth-order valence-electron chi connectivity index (χ4n) is 1.44. The molecule has 2 aromatic rings. The van der Waals surface area contributed by atoms with Gasteiger partial charge in [-0.3, -0.25) is 0 Å². The van der Waals surface area contributed by atoms with Gasteiger partial charge in [-0.1, -0.05) is 33.9 Å². The van der Waals surface area contributed by atoms with Crippen LogP contribution in [0, 0.1) is 0 Å². The summed E-state index contributed by atoms with van der Waals surface area (Å²) >= 11 is 3.88.